The van der Waals surface area contributed by atoms with Crippen LogP contribution in [0.15, 0.2) is 0 Å². The van der Waals surface area contributed by atoms with Gasteiger partial charge in [0.1, 0.15) is 0 Å². The Bertz CT molecular complexity index is 307. The van der Waals surface area contributed by atoms with Gasteiger partial charge in [-0.25, -0.2) is 0 Å². The summed E-state index contributed by atoms with van der Waals surface area (Å²) in [4.78, 5) is 2.44. The maximum absolute atomic E-state index is 11.1. The second kappa shape index (κ2) is 5.24. The van der Waals surface area contributed by atoms with Crippen LogP contribution in [0.25, 0.3) is 5.53 Å². The van der Waals surface area contributed by atoms with Crippen molar-refractivity contribution in [1.29, 1.82) is 0 Å². The molecule has 0 aromatic heterocycles. The zero-order valence-corrected chi connectivity index (χ0v) is 9.65. The second-order valence-corrected chi connectivity index (χ2v) is 5.15. The van der Waals surface area contributed by atoms with Gasteiger partial charge in [-0.2, -0.15) is 13.2 Å². The van der Waals surface area contributed by atoms with Crippen molar-refractivity contribution in [1.82, 2.24) is 0 Å². The molecule has 0 saturated heterocycles. The summed E-state index contributed by atoms with van der Waals surface area (Å²) in [6.07, 6.45) is -0.405. The third-order valence-electron chi connectivity index (χ3n) is 1.74. The van der Waals surface area contributed by atoms with Crippen LogP contribution in [0.1, 0.15) is 27.7 Å². The SMILES string of the molecule is CC(C)C(OS(=O)(=O)C=[N+]=[N-])C(C)C. The van der Waals surface area contributed by atoms with E-state index in [1.54, 1.807) is 0 Å². The molecule has 0 aliphatic rings. The highest BCUT2D eigenvalue weighted by Crippen LogP contribution is 2.17. The Morgan fingerprint density at radius 1 is 1.21 bits per heavy atom. The summed E-state index contributed by atoms with van der Waals surface area (Å²) >= 11 is 0. The van der Waals surface area contributed by atoms with Crippen LogP contribution in [0, 0.1) is 11.8 Å². The van der Waals surface area contributed by atoms with E-state index in [1.165, 1.54) is 0 Å². The highest BCUT2D eigenvalue weighted by atomic mass is 32.2. The van der Waals surface area contributed by atoms with Crippen LogP contribution in [0.3, 0.4) is 0 Å². The fraction of sp³-hybridized carbons (Fsp3) is 0.875. The Hall–Kier alpha value is -0.710. The van der Waals surface area contributed by atoms with Crippen molar-refractivity contribution < 1.29 is 17.4 Å². The molecule has 0 N–H and O–H groups in total. The predicted molar refractivity (Wildman–Crippen MR) is 53.2 cm³/mol. The largest absolute Gasteiger partial charge is 0.396 e. The highest BCUT2D eigenvalue weighted by molar-refractivity contribution is 8.00. The van der Waals surface area contributed by atoms with Crippen molar-refractivity contribution in [3.8, 4) is 0 Å². The normalized spacial score (nSPS) is 12.2. The Kier molecular flexibility index (Phi) is 4.97. The smallest absolute Gasteiger partial charge is 0.361 e. The number of hydrogen-bond acceptors (Lipinski definition) is 3. The van der Waals surface area contributed by atoms with Crippen molar-refractivity contribution >= 4 is 15.7 Å². The van der Waals surface area contributed by atoms with E-state index in [0.717, 1.165) is 0 Å². The summed E-state index contributed by atoms with van der Waals surface area (Å²) in [6.45, 7) is 7.49. The van der Waals surface area contributed by atoms with E-state index in [9.17, 15) is 8.42 Å². The molecule has 0 saturated carbocycles. The second-order valence-electron chi connectivity index (χ2n) is 3.76. The third-order valence-corrected chi connectivity index (χ3v) is 2.58. The Morgan fingerprint density at radius 2 is 1.64 bits per heavy atom. The number of hydrogen-bond donors (Lipinski definition) is 0. The van der Waals surface area contributed by atoms with E-state index in [2.05, 4.69) is 4.79 Å². The lowest BCUT2D eigenvalue weighted by molar-refractivity contribution is 0.00550. The molecule has 0 heterocycles. The Labute approximate surface area is 84.8 Å². The summed E-state index contributed by atoms with van der Waals surface area (Å²) in [5.41, 5.74) is 8.50. The summed E-state index contributed by atoms with van der Waals surface area (Å²) in [6, 6.07) is 0. The number of nitrogens with zero attached hydrogens (tertiary/aromatic N) is 2. The Balaban J connectivity index is 4.70. The molecule has 0 aromatic rings. The van der Waals surface area contributed by atoms with Gasteiger partial charge in [-0.1, -0.05) is 27.7 Å². The van der Waals surface area contributed by atoms with E-state index in [0.29, 0.717) is 5.55 Å². The molecule has 82 valence electrons. The topological polar surface area (TPSA) is 79.8 Å². The zero-order valence-electron chi connectivity index (χ0n) is 8.84. The Morgan fingerprint density at radius 3 is 1.93 bits per heavy atom. The molecule has 0 rings (SSSR count). The van der Waals surface area contributed by atoms with Gasteiger partial charge in [0.15, 0.2) is 0 Å². The first-order valence-electron chi connectivity index (χ1n) is 4.41. The van der Waals surface area contributed by atoms with E-state index >= 15 is 0 Å². The van der Waals surface area contributed by atoms with Crippen LogP contribution in [0.2, 0.25) is 0 Å². The maximum Gasteiger partial charge on any atom is 0.396 e. The fourth-order valence-corrected chi connectivity index (χ4v) is 2.15. The first-order valence-corrected chi connectivity index (χ1v) is 5.88. The standard InChI is InChI=1S/C8H16N2O3S/c1-6(2)8(7(3)4)13-14(11,12)5-10-9/h5-8H,1-4H3. The molecule has 6 heteroatoms. The highest BCUT2D eigenvalue weighted by Gasteiger charge is 2.26. The summed E-state index contributed by atoms with van der Waals surface area (Å²) < 4.78 is 27.1. The minimum absolute atomic E-state index is 0.0804. The van der Waals surface area contributed by atoms with E-state index in [4.69, 9.17) is 9.71 Å². The fourth-order valence-electron chi connectivity index (χ4n) is 1.23. The quantitative estimate of drug-likeness (QED) is 0.230. The molecule has 0 bridgehead atoms. The van der Waals surface area contributed by atoms with Gasteiger partial charge in [0.05, 0.1) is 6.10 Å². The lowest BCUT2D eigenvalue weighted by Gasteiger charge is -2.22. The van der Waals surface area contributed by atoms with Crippen molar-refractivity contribution in [2.45, 2.75) is 33.8 Å². The monoisotopic (exact) mass is 220 g/mol. The molecule has 0 fully saturated rings. The summed E-state index contributed by atoms with van der Waals surface area (Å²) in [5.74, 6) is 0.161. The van der Waals surface area contributed by atoms with Gasteiger partial charge in [0.25, 0.3) is 0 Å². The third kappa shape index (κ3) is 4.50. The molecule has 0 spiro atoms. The molecule has 0 aliphatic heterocycles. The predicted octanol–water partition coefficient (Wildman–Crippen LogP) is 1.27. The van der Waals surface area contributed by atoms with Crippen molar-refractivity contribution in [2.24, 2.45) is 11.8 Å². The van der Waals surface area contributed by atoms with Crippen LogP contribution in [-0.2, 0) is 14.3 Å². The van der Waals surface area contributed by atoms with Gasteiger partial charge in [-0.3, -0.25) is 4.18 Å². The minimum Gasteiger partial charge on any atom is -0.361 e. The first kappa shape index (κ1) is 13.3. The maximum atomic E-state index is 11.1. The van der Waals surface area contributed by atoms with Crippen molar-refractivity contribution in [2.75, 3.05) is 0 Å². The molecular formula is C8H16N2O3S. The molecule has 0 amide bonds. The minimum atomic E-state index is -3.86. The average Bonchev–Trinajstić information content (AvgIpc) is 1.99. The first-order chi connectivity index (χ1) is 6.30. The number of rotatable bonds is 5. The molecule has 0 unspecified atom stereocenters. The molecule has 14 heavy (non-hydrogen) atoms. The lowest BCUT2D eigenvalue weighted by atomic mass is 9.97. The van der Waals surface area contributed by atoms with Gasteiger partial charge in [0.2, 0.25) is 0 Å². The zero-order chi connectivity index (χ0) is 11.4. The molecule has 0 atom stereocenters. The molecule has 0 aliphatic carbocycles. The van der Waals surface area contributed by atoms with Gasteiger partial charge in [-0.15, -0.1) is 0 Å². The van der Waals surface area contributed by atoms with Gasteiger partial charge < -0.3 is 5.53 Å². The summed E-state index contributed by atoms with van der Waals surface area (Å²) in [7, 11) is -3.86. The van der Waals surface area contributed by atoms with Crippen LogP contribution >= 0.6 is 0 Å². The van der Waals surface area contributed by atoms with Crippen LogP contribution in [0.5, 0.6) is 0 Å². The average molecular weight is 220 g/mol. The van der Waals surface area contributed by atoms with Gasteiger partial charge >= 0.3 is 15.7 Å². The molecule has 5 nitrogen and oxygen atoms in total. The summed E-state index contributed by atoms with van der Waals surface area (Å²) in [5, 5.41) is 0. The van der Waals surface area contributed by atoms with E-state index < -0.39 is 16.2 Å². The lowest BCUT2D eigenvalue weighted by Crippen LogP contribution is -2.29. The van der Waals surface area contributed by atoms with Crippen LogP contribution < -0.4 is 0 Å². The van der Waals surface area contributed by atoms with Gasteiger partial charge in [0, 0.05) is 0 Å². The van der Waals surface area contributed by atoms with E-state index in [1.807, 2.05) is 27.7 Å². The molecule has 0 radical (unpaired) electrons. The van der Waals surface area contributed by atoms with Crippen LogP contribution in [-0.4, -0.2) is 24.9 Å². The molecular weight excluding hydrogens is 204 g/mol. The van der Waals surface area contributed by atoms with Crippen molar-refractivity contribution in [3.05, 3.63) is 5.53 Å². The van der Waals surface area contributed by atoms with Crippen molar-refractivity contribution in [3.63, 3.8) is 0 Å². The molecule has 0 aromatic carbocycles. The van der Waals surface area contributed by atoms with E-state index in [-0.39, 0.29) is 11.8 Å². The van der Waals surface area contributed by atoms with Gasteiger partial charge in [-0.05, 0) is 11.8 Å². The van der Waals surface area contributed by atoms with Crippen LogP contribution in [0.4, 0.5) is 0 Å².